The number of amides is 1. The highest BCUT2D eigenvalue weighted by Crippen LogP contribution is 2.46. The molecule has 1 aliphatic carbocycles. The van der Waals surface area contributed by atoms with Gasteiger partial charge in [-0.05, 0) is 57.0 Å². The number of carbonyl (C=O) groups is 1. The van der Waals surface area contributed by atoms with Gasteiger partial charge in [-0.25, -0.2) is 23.5 Å². The van der Waals surface area contributed by atoms with E-state index in [1.54, 1.807) is 37.2 Å². The number of benzene rings is 1. The molecule has 11 nitrogen and oxygen atoms in total. The van der Waals surface area contributed by atoms with E-state index >= 15 is 0 Å². The van der Waals surface area contributed by atoms with Gasteiger partial charge in [-0.2, -0.15) is 10.1 Å². The zero-order valence-electron chi connectivity index (χ0n) is 21.5. The molecule has 37 heavy (non-hydrogen) atoms. The summed E-state index contributed by atoms with van der Waals surface area (Å²) in [5, 5.41) is 16.3. The molecule has 196 valence electrons. The van der Waals surface area contributed by atoms with E-state index in [0.29, 0.717) is 11.6 Å². The average Bonchev–Trinajstić information content (AvgIpc) is 3.23. The number of nitrogens with one attached hydrogen (secondary N) is 1. The van der Waals surface area contributed by atoms with E-state index in [1.165, 1.54) is 12.1 Å². The maximum absolute atomic E-state index is 12.5. The quantitative estimate of drug-likeness (QED) is 0.532. The van der Waals surface area contributed by atoms with Crippen molar-refractivity contribution < 1.29 is 13.2 Å². The molecule has 0 bridgehead atoms. The molecule has 0 atom stereocenters. The highest BCUT2D eigenvalue weighted by atomic mass is 32.2. The van der Waals surface area contributed by atoms with Crippen molar-refractivity contribution in [2.45, 2.75) is 69.4 Å². The normalized spacial score (nSPS) is 17.1. The first kappa shape index (κ1) is 25.2. The fourth-order valence-electron chi connectivity index (χ4n) is 5.32. The Hall–Kier alpha value is -3.51. The molecule has 3 aromatic rings. The van der Waals surface area contributed by atoms with Crippen molar-refractivity contribution in [3.63, 3.8) is 0 Å². The zero-order valence-corrected chi connectivity index (χ0v) is 22.3. The Morgan fingerprint density at radius 2 is 1.84 bits per heavy atom. The summed E-state index contributed by atoms with van der Waals surface area (Å²) in [6, 6.07) is 8.24. The number of fused-ring (bicyclic) bond motifs is 4. The number of primary sulfonamides is 1. The highest BCUT2D eigenvalue weighted by molar-refractivity contribution is 7.89. The Labute approximate surface area is 216 Å². The molecule has 5 rings (SSSR count). The molecule has 2 aliphatic rings. The number of hydrazone groups is 1. The Bertz CT molecular complexity index is 1490. The van der Waals surface area contributed by atoms with E-state index in [-0.39, 0.29) is 16.8 Å². The van der Waals surface area contributed by atoms with Crippen molar-refractivity contribution in [1.29, 1.82) is 0 Å². The molecule has 12 heteroatoms. The van der Waals surface area contributed by atoms with E-state index in [9.17, 15) is 13.2 Å². The van der Waals surface area contributed by atoms with Gasteiger partial charge >= 0.3 is 0 Å². The molecule has 1 aliphatic heterocycles. The van der Waals surface area contributed by atoms with Gasteiger partial charge in [-0.1, -0.05) is 19.3 Å². The molecule has 3 N–H and O–H groups in total. The van der Waals surface area contributed by atoms with Crippen LogP contribution in [0.4, 0.5) is 17.5 Å². The van der Waals surface area contributed by atoms with E-state index in [1.807, 2.05) is 5.01 Å². The summed E-state index contributed by atoms with van der Waals surface area (Å²) in [7, 11) is -1.99. The van der Waals surface area contributed by atoms with Gasteiger partial charge < -0.3 is 10.2 Å². The van der Waals surface area contributed by atoms with Gasteiger partial charge in [0.05, 0.1) is 4.90 Å². The number of hydrogen-bond acceptors (Lipinski definition) is 8. The third-order valence-electron chi connectivity index (χ3n) is 7.20. The number of amidine groups is 1. The number of rotatable bonds is 4. The molecule has 3 heterocycles. The fraction of sp³-hybridized carbons (Fsp3) is 0.440. The van der Waals surface area contributed by atoms with Crippen LogP contribution >= 0.6 is 0 Å². The molecule has 0 saturated heterocycles. The number of anilines is 3. The third-order valence-corrected chi connectivity index (χ3v) is 8.13. The molecule has 1 amide bonds. The molecular weight excluding hydrogens is 492 g/mol. The first-order chi connectivity index (χ1) is 17.5. The second-order valence-corrected chi connectivity index (χ2v) is 11.6. The SMILES string of the molecule is CC(=O)N(C)C1=NN(C(C)C)c2cc3cnc(Nc4ccc(S(N)(=O)=O)cc4)nc3n2C12CCCCC2. The summed E-state index contributed by atoms with van der Waals surface area (Å²) < 4.78 is 25.4. The lowest BCUT2D eigenvalue weighted by Gasteiger charge is -2.47. The summed E-state index contributed by atoms with van der Waals surface area (Å²) in [4.78, 5) is 23.7. The minimum atomic E-state index is -3.78. The van der Waals surface area contributed by atoms with Gasteiger partial charge in [0.15, 0.2) is 5.84 Å². The van der Waals surface area contributed by atoms with Crippen LogP contribution < -0.4 is 15.5 Å². The predicted molar refractivity (Wildman–Crippen MR) is 143 cm³/mol. The van der Waals surface area contributed by atoms with Gasteiger partial charge in [0.25, 0.3) is 0 Å². The van der Waals surface area contributed by atoms with Crippen molar-refractivity contribution in [2.24, 2.45) is 10.2 Å². The molecule has 1 spiro atoms. The van der Waals surface area contributed by atoms with E-state index in [0.717, 1.165) is 54.8 Å². The van der Waals surface area contributed by atoms with Gasteiger partial charge in [0.1, 0.15) is 17.0 Å². The number of sulfonamides is 1. The van der Waals surface area contributed by atoms with Crippen molar-refractivity contribution in [1.82, 2.24) is 19.4 Å². The molecular formula is C25H32N8O3S. The number of hydrogen-bond donors (Lipinski definition) is 2. The smallest absolute Gasteiger partial charge is 0.238 e. The van der Waals surface area contributed by atoms with Crippen molar-refractivity contribution >= 4 is 50.3 Å². The second-order valence-electron chi connectivity index (χ2n) is 10.0. The fourth-order valence-corrected chi connectivity index (χ4v) is 5.84. The standard InChI is InChI=1S/C25H32N8O3S/c1-16(2)33-21-14-18-15-27-24(28-19-8-10-20(11-9-19)37(26,35)36)29-22(18)32(21)25(12-6-5-7-13-25)23(30-33)31(4)17(3)34/h8-11,14-16H,5-7,12-13H2,1-4H3,(H2,26,35,36)(H,27,28,29). The minimum Gasteiger partial charge on any atom is -0.324 e. The molecule has 2 aromatic heterocycles. The average molecular weight is 525 g/mol. The monoisotopic (exact) mass is 524 g/mol. The van der Waals surface area contributed by atoms with Crippen LogP contribution in [0.25, 0.3) is 11.0 Å². The summed E-state index contributed by atoms with van der Waals surface area (Å²) in [5.41, 5.74) is 0.890. The van der Waals surface area contributed by atoms with Gasteiger partial charge in [0.2, 0.25) is 21.9 Å². The second kappa shape index (κ2) is 9.10. The van der Waals surface area contributed by atoms with E-state index in [2.05, 4.69) is 34.8 Å². The number of aromatic nitrogens is 3. The molecule has 0 unspecified atom stereocenters. The maximum atomic E-state index is 12.5. The summed E-state index contributed by atoms with van der Waals surface area (Å²) in [6.07, 6.45) is 6.67. The topological polar surface area (TPSA) is 139 Å². The minimum absolute atomic E-state index is 0.0319. The Kier molecular flexibility index (Phi) is 6.19. The summed E-state index contributed by atoms with van der Waals surface area (Å²) in [6.45, 7) is 5.70. The summed E-state index contributed by atoms with van der Waals surface area (Å²) >= 11 is 0. The first-order valence-corrected chi connectivity index (χ1v) is 14.0. The Morgan fingerprint density at radius 3 is 2.43 bits per heavy atom. The van der Waals surface area contributed by atoms with Crippen molar-refractivity contribution in [2.75, 3.05) is 17.4 Å². The largest absolute Gasteiger partial charge is 0.324 e. The number of nitrogens with zero attached hydrogens (tertiary/aromatic N) is 6. The highest BCUT2D eigenvalue weighted by Gasteiger charge is 2.48. The predicted octanol–water partition coefficient (Wildman–Crippen LogP) is 3.50. The van der Waals surface area contributed by atoms with E-state index in [4.69, 9.17) is 15.2 Å². The number of carbonyl (C=O) groups excluding carboxylic acids is 1. The molecule has 1 aromatic carbocycles. The third kappa shape index (κ3) is 4.33. The zero-order chi connectivity index (χ0) is 26.5. The van der Waals surface area contributed by atoms with Crippen molar-refractivity contribution in [3.8, 4) is 0 Å². The lowest BCUT2D eigenvalue weighted by molar-refractivity contribution is -0.124. The lowest BCUT2D eigenvalue weighted by atomic mass is 9.79. The van der Waals surface area contributed by atoms with Gasteiger partial charge in [-0.15, -0.1) is 0 Å². The van der Waals surface area contributed by atoms with Crippen LogP contribution in [0, 0.1) is 0 Å². The van der Waals surface area contributed by atoms with E-state index < -0.39 is 15.6 Å². The lowest BCUT2D eigenvalue weighted by Crippen LogP contribution is -2.56. The Balaban J connectivity index is 1.64. The van der Waals surface area contributed by atoms with Crippen molar-refractivity contribution in [3.05, 3.63) is 36.5 Å². The van der Waals surface area contributed by atoms with Crippen LogP contribution in [-0.4, -0.2) is 52.7 Å². The molecule has 0 radical (unpaired) electrons. The van der Waals surface area contributed by atoms with Crippen LogP contribution in [0.3, 0.4) is 0 Å². The van der Waals surface area contributed by atoms with Crippen LogP contribution in [-0.2, 0) is 20.4 Å². The number of likely N-dealkylation sites (N-methyl/N-ethyl adjacent to an activating group) is 1. The van der Waals surface area contributed by atoms with Crippen LogP contribution in [0.5, 0.6) is 0 Å². The van der Waals surface area contributed by atoms with Crippen LogP contribution in [0.1, 0.15) is 52.9 Å². The van der Waals surface area contributed by atoms with Gasteiger partial charge in [0, 0.05) is 37.3 Å². The van der Waals surface area contributed by atoms with Crippen LogP contribution in [0.2, 0.25) is 0 Å². The molecule has 1 saturated carbocycles. The summed E-state index contributed by atoms with van der Waals surface area (Å²) in [5.74, 6) is 1.98. The number of nitrogens with two attached hydrogens (primary N) is 1. The first-order valence-electron chi connectivity index (χ1n) is 12.4. The van der Waals surface area contributed by atoms with Crippen LogP contribution in [0.15, 0.2) is 46.5 Å². The molecule has 1 fully saturated rings. The Morgan fingerprint density at radius 1 is 1.16 bits per heavy atom. The van der Waals surface area contributed by atoms with Gasteiger partial charge in [-0.3, -0.25) is 9.36 Å². The maximum Gasteiger partial charge on any atom is 0.238 e.